The Kier molecular flexibility index (Phi) is 6.78. The van der Waals surface area contributed by atoms with Gasteiger partial charge in [-0.3, -0.25) is 9.88 Å². The van der Waals surface area contributed by atoms with Crippen molar-refractivity contribution in [2.75, 3.05) is 58.9 Å². The fourth-order valence-electron chi connectivity index (χ4n) is 4.31. The summed E-state index contributed by atoms with van der Waals surface area (Å²) >= 11 is 0. The standard InChI is InChI=1S/C26H29N5O4/c1-17-29-30-26(35-17)21-16-28-22-6-4-18(19-5-7-23(32-2)24(15-19)33-3)14-20(22)25(21)27-8-9-31-10-12-34-13-11-31/h4-7,14-16H,8-13H2,1-3H3,(H,27,28). The molecule has 1 N–H and O–H groups in total. The molecule has 9 nitrogen and oxygen atoms in total. The van der Waals surface area contributed by atoms with Crippen LogP contribution in [0.2, 0.25) is 0 Å². The summed E-state index contributed by atoms with van der Waals surface area (Å²) in [6.07, 6.45) is 1.79. The second-order valence-corrected chi connectivity index (χ2v) is 8.36. The highest BCUT2D eigenvalue weighted by Crippen LogP contribution is 2.37. The summed E-state index contributed by atoms with van der Waals surface area (Å²) in [6, 6.07) is 12.1. The maximum Gasteiger partial charge on any atom is 0.251 e. The Bertz CT molecular complexity index is 1320. The largest absolute Gasteiger partial charge is 0.493 e. The van der Waals surface area contributed by atoms with Crippen molar-refractivity contribution in [3.05, 3.63) is 48.5 Å². The molecular formula is C26H29N5O4. The number of fused-ring (bicyclic) bond motifs is 1. The zero-order valence-electron chi connectivity index (χ0n) is 20.2. The number of hydrogen-bond donors (Lipinski definition) is 1. The molecule has 0 unspecified atom stereocenters. The first-order valence-electron chi connectivity index (χ1n) is 11.7. The number of aromatic nitrogens is 3. The minimum Gasteiger partial charge on any atom is -0.493 e. The summed E-state index contributed by atoms with van der Waals surface area (Å²) in [5.74, 6) is 2.33. The molecule has 35 heavy (non-hydrogen) atoms. The Morgan fingerprint density at radius 2 is 1.74 bits per heavy atom. The molecule has 1 aliphatic rings. The molecule has 1 fully saturated rings. The minimum atomic E-state index is 0.447. The molecule has 0 radical (unpaired) electrons. The van der Waals surface area contributed by atoms with Crippen LogP contribution in [0.15, 0.2) is 47.0 Å². The van der Waals surface area contributed by atoms with Gasteiger partial charge in [-0.05, 0) is 35.4 Å². The number of nitrogens with zero attached hydrogens (tertiary/aromatic N) is 4. The number of aryl methyl sites for hydroxylation is 1. The predicted octanol–water partition coefficient (Wildman–Crippen LogP) is 4.02. The molecule has 0 atom stereocenters. The van der Waals surface area contributed by atoms with E-state index in [1.807, 2.05) is 24.3 Å². The van der Waals surface area contributed by atoms with Crippen LogP contribution in [0.4, 0.5) is 5.69 Å². The van der Waals surface area contributed by atoms with Crippen LogP contribution < -0.4 is 14.8 Å². The summed E-state index contributed by atoms with van der Waals surface area (Å²) in [7, 11) is 3.27. The molecule has 0 saturated carbocycles. The zero-order valence-corrected chi connectivity index (χ0v) is 20.2. The number of pyridine rings is 1. The molecule has 2 aromatic heterocycles. The number of benzene rings is 2. The average molecular weight is 476 g/mol. The maximum atomic E-state index is 5.77. The van der Waals surface area contributed by atoms with Gasteiger partial charge in [-0.1, -0.05) is 12.1 Å². The van der Waals surface area contributed by atoms with E-state index in [2.05, 4.69) is 37.5 Å². The molecule has 9 heteroatoms. The number of ether oxygens (including phenoxy) is 3. The lowest BCUT2D eigenvalue weighted by atomic mass is 10.0. The lowest BCUT2D eigenvalue weighted by Gasteiger charge is -2.27. The molecule has 0 bridgehead atoms. The molecular weight excluding hydrogens is 446 g/mol. The fourth-order valence-corrected chi connectivity index (χ4v) is 4.31. The second-order valence-electron chi connectivity index (χ2n) is 8.36. The molecule has 2 aromatic carbocycles. The van der Waals surface area contributed by atoms with Crippen LogP contribution in [-0.2, 0) is 4.74 Å². The van der Waals surface area contributed by atoms with Gasteiger partial charge in [0.2, 0.25) is 5.89 Å². The van der Waals surface area contributed by atoms with Gasteiger partial charge in [0.15, 0.2) is 11.5 Å². The first-order chi connectivity index (χ1) is 17.2. The number of rotatable bonds is 8. The van der Waals surface area contributed by atoms with Gasteiger partial charge in [-0.15, -0.1) is 10.2 Å². The molecule has 5 rings (SSSR count). The van der Waals surface area contributed by atoms with Crippen molar-refractivity contribution >= 4 is 16.6 Å². The summed E-state index contributed by atoms with van der Waals surface area (Å²) in [5.41, 5.74) is 4.64. The third-order valence-corrected chi connectivity index (χ3v) is 6.17. The van der Waals surface area contributed by atoms with Crippen molar-refractivity contribution < 1.29 is 18.6 Å². The third-order valence-electron chi connectivity index (χ3n) is 6.17. The molecule has 1 saturated heterocycles. The summed E-state index contributed by atoms with van der Waals surface area (Å²) in [4.78, 5) is 7.08. The van der Waals surface area contributed by atoms with Crippen molar-refractivity contribution in [3.63, 3.8) is 0 Å². The summed E-state index contributed by atoms with van der Waals surface area (Å²) < 4.78 is 22.1. The van der Waals surface area contributed by atoms with Crippen LogP contribution in [0.3, 0.4) is 0 Å². The van der Waals surface area contributed by atoms with E-state index in [-0.39, 0.29) is 0 Å². The Labute approximate surface area is 204 Å². The van der Waals surface area contributed by atoms with Crippen molar-refractivity contribution in [1.29, 1.82) is 0 Å². The van der Waals surface area contributed by atoms with E-state index < -0.39 is 0 Å². The van der Waals surface area contributed by atoms with Gasteiger partial charge in [0.05, 0.1) is 44.2 Å². The minimum absolute atomic E-state index is 0.447. The predicted molar refractivity (Wildman–Crippen MR) is 134 cm³/mol. The Morgan fingerprint density at radius 1 is 0.971 bits per heavy atom. The quantitative estimate of drug-likeness (QED) is 0.405. The Morgan fingerprint density at radius 3 is 2.49 bits per heavy atom. The van der Waals surface area contributed by atoms with E-state index in [0.717, 1.165) is 72.7 Å². The number of nitrogens with one attached hydrogen (secondary N) is 1. The summed E-state index contributed by atoms with van der Waals surface area (Å²) in [5, 5.41) is 12.9. The van der Waals surface area contributed by atoms with E-state index in [4.69, 9.17) is 18.6 Å². The van der Waals surface area contributed by atoms with E-state index in [1.54, 1.807) is 27.3 Å². The first kappa shape index (κ1) is 23.1. The molecule has 0 amide bonds. The van der Waals surface area contributed by atoms with Gasteiger partial charge in [-0.2, -0.15) is 0 Å². The van der Waals surface area contributed by atoms with Crippen LogP contribution in [0.25, 0.3) is 33.5 Å². The van der Waals surface area contributed by atoms with Crippen molar-refractivity contribution in [3.8, 4) is 34.1 Å². The van der Waals surface area contributed by atoms with Crippen LogP contribution in [0, 0.1) is 6.92 Å². The fraction of sp³-hybridized carbons (Fsp3) is 0.346. The van der Waals surface area contributed by atoms with Gasteiger partial charge in [0.25, 0.3) is 5.89 Å². The van der Waals surface area contributed by atoms with E-state index in [0.29, 0.717) is 23.3 Å². The molecule has 4 aromatic rings. The van der Waals surface area contributed by atoms with E-state index in [9.17, 15) is 0 Å². The highest BCUT2D eigenvalue weighted by Gasteiger charge is 2.18. The van der Waals surface area contributed by atoms with Gasteiger partial charge in [0.1, 0.15) is 0 Å². The number of anilines is 1. The molecule has 0 aliphatic carbocycles. The molecule has 0 spiro atoms. The Balaban J connectivity index is 1.54. The van der Waals surface area contributed by atoms with Crippen molar-refractivity contribution in [1.82, 2.24) is 20.1 Å². The highest BCUT2D eigenvalue weighted by atomic mass is 16.5. The zero-order chi connectivity index (χ0) is 24.2. The van der Waals surface area contributed by atoms with Gasteiger partial charge in [0, 0.05) is 44.7 Å². The van der Waals surface area contributed by atoms with Crippen LogP contribution in [0.5, 0.6) is 11.5 Å². The lowest BCUT2D eigenvalue weighted by Crippen LogP contribution is -2.39. The highest BCUT2D eigenvalue weighted by molar-refractivity contribution is 6.00. The van der Waals surface area contributed by atoms with Crippen LogP contribution >= 0.6 is 0 Å². The average Bonchev–Trinajstić information content (AvgIpc) is 3.34. The number of methoxy groups -OCH3 is 2. The topological polar surface area (TPSA) is 94.8 Å². The van der Waals surface area contributed by atoms with Crippen LogP contribution in [0.1, 0.15) is 5.89 Å². The Hall–Kier alpha value is -3.69. The van der Waals surface area contributed by atoms with E-state index >= 15 is 0 Å². The van der Waals surface area contributed by atoms with E-state index in [1.165, 1.54) is 0 Å². The van der Waals surface area contributed by atoms with Crippen LogP contribution in [-0.4, -0.2) is 73.7 Å². The third kappa shape index (κ3) is 4.91. The maximum absolute atomic E-state index is 5.77. The smallest absolute Gasteiger partial charge is 0.251 e. The lowest BCUT2D eigenvalue weighted by molar-refractivity contribution is 0.0398. The molecule has 3 heterocycles. The first-order valence-corrected chi connectivity index (χ1v) is 11.7. The van der Waals surface area contributed by atoms with Gasteiger partial charge >= 0.3 is 0 Å². The SMILES string of the molecule is COc1ccc(-c2ccc3ncc(-c4nnc(C)o4)c(NCCN4CCOCC4)c3c2)cc1OC. The molecule has 1 aliphatic heterocycles. The van der Waals surface area contributed by atoms with Gasteiger partial charge in [-0.25, -0.2) is 0 Å². The normalized spacial score (nSPS) is 14.3. The number of hydrogen-bond acceptors (Lipinski definition) is 9. The molecule has 182 valence electrons. The monoisotopic (exact) mass is 475 g/mol. The van der Waals surface area contributed by atoms with Crippen molar-refractivity contribution in [2.45, 2.75) is 6.92 Å². The second kappa shape index (κ2) is 10.3. The summed E-state index contributed by atoms with van der Waals surface area (Å²) in [6.45, 7) is 6.89. The van der Waals surface area contributed by atoms with Crippen molar-refractivity contribution in [2.24, 2.45) is 0 Å². The van der Waals surface area contributed by atoms with Gasteiger partial charge < -0.3 is 23.9 Å². The number of morpholine rings is 1.